The minimum atomic E-state index is 0.0706. The van der Waals surface area contributed by atoms with Crippen LogP contribution in [0.15, 0.2) is 24.3 Å². The molecule has 106 valence electrons. The Labute approximate surface area is 116 Å². The van der Waals surface area contributed by atoms with Crippen molar-refractivity contribution in [3.63, 3.8) is 0 Å². The molecule has 2 heteroatoms. The molecular weight excluding hydrogens is 236 g/mol. The van der Waals surface area contributed by atoms with E-state index in [0.717, 1.165) is 13.0 Å². The van der Waals surface area contributed by atoms with E-state index in [1.165, 1.54) is 18.4 Å². The first-order valence-corrected chi connectivity index (χ1v) is 7.62. The fourth-order valence-electron chi connectivity index (χ4n) is 3.87. The molecule has 0 aromatic carbocycles. The molecule has 2 fully saturated rings. The van der Waals surface area contributed by atoms with E-state index in [1.54, 1.807) is 0 Å². The molecule has 2 aliphatic heterocycles. The standard InChI is InChI=1S/C17H26O2/c1-11(2)13-5-7-17(4,12(3)9-13)15-10-14-6-8-18-16(14)19-15/h5,7,12-16H,1,6,8-10H2,2-4H3/t12-,13+,14-,15+,16+,17-/m1/s1. The maximum atomic E-state index is 6.20. The van der Waals surface area contributed by atoms with Gasteiger partial charge in [-0.3, -0.25) is 0 Å². The largest absolute Gasteiger partial charge is 0.352 e. The summed E-state index contributed by atoms with van der Waals surface area (Å²) in [5, 5.41) is 0. The van der Waals surface area contributed by atoms with E-state index in [-0.39, 0.29) is 11.7 Å². The average molecular weight is 262 g/mol. The quantitative estimate of drug-likeness (QED) is 0.702. The Kier molecular flexibility index (Phi) is 3.34. The fourth-order valence-corrected chi connectivity index (χ4v) is 3.87. The Morgan fingerprint density at radius 1 is 1.37 bits per heavy atom. The lowest BCUT2D eigenvalue weighted by molar-refractivity contribution is -0.144. The van der Waals surface area contributed by atoms with Gasteiger partial charge >= 0.3 is 0 Å². The molecule has 0 unspecified atom stereocenters. The van der Waals surface area contributed by atoms with Crippen LogP contribution in [-0.4, -0.2) is 19.0 Å². The first-order valence-electron chi connectivity index (χ1n) is 7.62. The first kappa shape index (κ1) is 13.4. The van der Waals surface area contributed by atoms with Crippen molar-refractivity contribution in [2.45, 2.75) is 52.4 Å². The number of fused-ring (bicyclic) bond motifs is 1. The van der Waals surface area contributed by atoms with Crippen molar-refractivity contribution in [2.75, 3.05) is 6.61 Å². The van der Waals surface area contributed by atoms with Gasteiger partial charge in [0.2, 0.25) is 0 Å². The summed E-state index contributed by atoms with van der Waals surface area (Å²) in [6.07, 6.45) is 8.66. The molecule has 3 aliphatic rings. The molecule has 0 aromatic rings. The molecule has 2 nitrogen and oxygen atoms in total. The number of hydrogen-bond acceptors (Lipinski definition) is 2. The number of allylic oxidation sites excluding steroid dienone is 2. The van der Waals surface area contributed by atoms with Gasteiger partial charge in [-0.1, -0.05) is 38.2 Å². The van der Waals surface area contributed by atoms with Crippen molar-refractivity contribution in [1.82, 2.24) is 0 Å². The van der Waals surface area contributed by atoms with Crippen LogP contribution in [0.3, 0.4) is 0 Å². The summed E-state index contributed by atoms with van der Waals surface area (Å²) in [5.74, 6) is 1.80. The third-order valence-corrected chi connectivity index (χ3v) is 5.65. The monoisotopic (exact) mass is 262 g/mol. The zero-order chi connectivity index (χ0) is 13.6. The average Bonchev–Trinajstić information content (AvgIpc) is 2.92. The van der Waals surface area contributed by atoms with Crippen molar-refractivity contribution >= 4 is 0 Å². The molecular formula is C17H26O2. The highest BCUT2D eigenvalue weighted by Crippen LogP contribution is 2.49. The van der Waals surface area contributed by atoms with Gasteiger partial charge in [-0.05, 0) is 38.0 Å². The van der Waals surface area contributed by atoms with Gasteiger partial charge in [0, 0.05) is 11.3 Å². The molecule has 1 aliphatic carbocycles. The van der Waals surface area contributed by atoms with E-state index in [4.69, 9.17) is 9.47 Å². The predicted octanol–water partition coefficient (Wildman–Crippen LogP) is 3.93. The lowest BCUT2D eigenvalue weighted by atomic mass is 9.64. The van der Waals surface area contributed by atoms with E-state index in [0.29, 0.717) is 23.9 Å². The summed E-state index contributed by atoms with van der Waals surface area (Å²) < 4.78 is 11.9. The van der Waals surface area contributed by atoms with Crippen LogP contribution in [0.5, 0.6) is 0 Å². The van der Waals surface area contributed by atoms with Gasteiger partial charge in [0.15, 0.2) is 6.29 Å². The molecule has 0 aromatic heterocycles. The Bertz CT molecular complexity index is 388. The van der Waals surface area contributed by atoms with Crippen molar-refractivity contribution in [3.8, 4) is 0 Å². The normalized spacial score (nSPS) is 49.3. The van der Waals surface area contributed by atoms with E-state index in [9.17, 15) is 0 Å². The Morgan fingerprint density at radius 3 is 2.79 bits per heavy atom. The summed E-state index contributed by atoms with van der Waals surface area (Å²) in [7, 11) is 0. The summed E-state index contributed by atoms with van der Waals surface area (Å²) in [4.78, 5) is 0. The highest BCUT2D eigenvalue weighted by Gasteiger charge is 2.49. The maximum Gasteiger partial charge on any atom is 0.160 e. The Hall–Kier alpha value is -0.600. The van der Waals surface area contributed by atoms with Crippen molar-refractivity contribution in [1.29, 1.82) is 0 Å². The molecule has 2 heterocycles. The minimum absolute atomic E-state index is 0.0706. The van der Waals surface area contributed by atoms with Crippen LogP contribution >= 0.6 is 0 Å². The van der Waals surface area contributed by atoms with Gasteiger partial charge in [0.25, 0.3) is 0 Å². The lowest BCUT2D eigenvalue weighted by Crippen LogP contribution is -2.40. The van der Waals surface area contributed by atoms with E-state index in [1.807, 2.05) is 0 Å². The first-order chi connectivity index (χ1) is 9.00. The topological polar surface area (TPSA) is 18.5 Å². The zero-order valence-corrected chi connectivity index (χ0v) is 12.4. The second-order valence-corrected chi connectivity index (χ2v) is 6.96. The molecule has 0 bridgehead atoms. The number of hydrogen-bond donors (Lipinski definition) is 0. The Balaban J connectivity index is 1.76. The molecule has 0 spiro atoms. The van der Waals surface area contributed by atoms with Gasteiger partial charge in [-0.25, -0.2) is 0 Å². The van der Waals surface area contributed by atoms with Crippen LogP contribution < -0.4 is 0 Å². The van der Waals surface area contributed by atoms with Crippen molar-refractivity contribution in [2.24, 2.45) is 23.2 Å². The second-order valence-electron chi connectivity index (χ2n) is 6.96. The van der Waals surface area contributed by atoms with Crippen LogP contribution in [0, 0.1) is 23.2 Å². The van der Waals surface area contributed by atoms with Crippen molar-refractivity contribution < 1.29 is 9.47 Å². The molecule has 19 heavy (non-hydrogen) atoms. The smallest absolute Gasteiger partial charge is 0.160 e. The lowest BCUT2D eigenvalue weighted by Gasteiger charge is -2.42. The molecule has 0 saturated carbocycles. The van der Waals surface area contributed by atoms with Crippen LogP contribution in [0.1, 0.15) is 40.0 Å². The third-order valence-electron chi connectivity index (χ3n) is 5.65. The van der Waals surface area contributed by atoms with Crippen LogP contribution in [0.4, 0.5) is 0 Å². The minimum Gasteiger partial charge on any atom is -0.352 e. The predicted molar refractivity (Wildman–Crippen MR) is 76.7 cm³/mol. The van der Waals surface area contributed by atoms with Gasteiger partial charge in [-0.15, -0.1) is 0 Å². The highest BCUT2D eigenvalue weighted by molar-refractivity contribution is 5.18. The maximum absolute atomic E-state index is 6.20. The summed E-state index contributed by atoms with van der Waals surface area (Å²) in [6.45, 7) is 11.8. The number of rotatable bonds is 2. The van der Waals surface area contributed by atoms with Crippen LogP contribution in [-0.2, 0) is 9.47 Å². The SMILES string of the molecule is C=C(C)[C@H]1C=C[C@@](C)([C@@H]2C[C@H]3CCO[C@H]3O2)[C@H](C)C1. The molecule has 0 N–H and O–H groups in total. The molecule has 6 atom stereocenters. The van der Waals surface area contributed by atoms with E-state index < -0.39 is 0 Å². The van der Waals surface area contributed by atoms with Crippen LogP contribution in [0.25, 0.3) is 0 Å². The molecule has 0 amide bonds. The zero-order valence-electron chi connectivity index (χ0n) is 12.4. The molecule has 0 radical (unpaired) electrons. The van der Waals surface area contributed by atoms with Crippen LogP contribution in [0.2, 0.25) is 0 Å². The van der Waals surface area contributed by atoms with E-state index >= 15 is 0 Å². The van der Waals surface area contributed by atoms with Gasteiger partial charge < -0.3 is 9.47 Å². The highest BCUT2D eigenvalue weighted by atomic mass is 16.7. The number of ether oxygens (including phenoxy) is 2. The summed E-state index contributed by atoms with van der Waals surface area (Å²) >= 11 is 0. The summed E-state index contributed by atoms with van der Waals surface area (Å²) in [6, 6.07) is 0. The van der Waals surface area contributed by atoms with Crippen molar-refractivity contribution in [3.05, 3.63) is 24.3 Å². The summed E-state index contributed by atoms with van der Waals surface area (Å²) in [5.41, 5.74) is 1.43. The third kappa shape index (κ3) is 2.19. The molecule has 3 rings (SSSR count). The van der Waals surface area contributed by atoms with E-state index in [2.05, 4.69) is 39.5 Å². The van der Waals surface area contributed by atoms with Gasteiger partial charge in [0.1, 0.15) is 0 Å². The fraction of sp³-hybridized carbons (Fsp3) is 0.765. The Morgan fingerprint density at radius 2 is 2.16 bits per heavy atom. The van der Waals surface area contributed by atoms with Gasteiger partial charge in [0.05, 0.1) is 12.7 Å². The second kappa shape index (κ2) is 4.75. The van der Waals surface area contributed by atoms with Gasteiger partial charge in [-0.2, -0.15) is 0 Å². The molecule has 2 saturated heterocycles.